The van der Waals surface area contributed by atoms with E-state index in [4.69, 9.17) is 0 Å². The molecule has 1 aromatic carbocycles. The van der Waals surface area contributed by atoms with Crippen LogP contribution in [0, 0.1) is 12.7 Å². The van der Waals surface area contributed by atoms with E-state index < -0.39 is 15.8 Å². The van der Waals surface area contributed by atoms with E-state index in [-0.39, 0.29) is 11.4 Å². The average Bonchev–Trinajstić information content (AvgIpc) is 2.81. The number of hydrogen-bond acceptors (Lipinski definition) is 4. The minimum Gasteiger partial charge on any atom is -0.209 e. The lowest BCUT2D eigenvalue weighted by Crippen LogP contribution is -2.28. The SMILES string of the molecule is Cc1cc(F)ccc1S(=O)(=O)NCCn1nccn1. The van der Waals surface area contributed by atoms with E-state index in [1.165, 1.54) is 29.3 Å². The van der Waals surface area contributed by atoms with Crippen LogP contribution in [0.4, 0.5) is 4.39 Å². The number of benzene rings is 1. The fraction of sp³-hybridized carbons (Fsp3) is 0.273. The fourth-order valence-corrected chi connectivity index (χ4v) is 2.88. The third kappa shape index (κ3) is 3.36. The Morgan fingerprint density at radius 3 is 2.63 bits per heavy atom. The van der Waals surface area contributed by atoms with Crippen LogP contribution in [0.25, 0.3) is 0 Å². The van der Waals surface area contributed by atoms with Gasteiger partial charge < -0.3 is 0 Å². The molecule has 2 rings (SSSR count). The molecule has 0 saturated carbocycles. The maximum absolute atomic E-state index is 12.9. The van der Waals surface area contributed by atoms with Gasteiger partial charge in [-0.15, -0.1) is 0 Å². The molecular formula is C11H13FN4O2S. The normalized spacial score (nSPS) is 11.7. The minimum atomic E-state index is -3.65. The number of hydrogen-bond donors (Lipinski definition) is 1. The molecule has 0 aliphatic heterocycles. The molecule has 2 aromatic rings. The summed E-state index contributed by atoms with van der Waals surface area (Å²) < 4.78 is 39.4. The molecule has 8 heteroatoms. The van der Waals surface area contributed by atoms with Crippen molar-refractivity contribution in [2.24, 2.45) is 0 Å². The molecule has 0 aliphatic rings. The molecule has 0 radical (unpaired) electrons. The first-order valence-corrected chi connectivity index (χ1v) is 7.07. The molecule has 1 N–H and O–H groups in total. The van der Waals surface area contributed by atoms with Gasteiger partial charge in [-0.05, 0) is 30.7 Å². The van der Waals surface area contributed by atoms with Gasteiger partial charge in [0.2, 0.25) is 10.0 Å². The maximum Gasteiger partial charge on any atom is 0.240 e. The van der Waals surface area contributed by atoms with Crippen molar-refractivity contribution in [1.82, 2.24) is 19.7 Å². The van der Waals surface area contributed by atoms with Crippen LogP contribution in [-0.2, 0) is 16.6 Å². The first kappa shape index (κ1) is 13.6. The lowest BCUT2D eigenvalue weighted by molar-refractivity contribution is 0.521. The predicted molar refractivity (Wildman–Crippen MR) is 66.3 cm³/mol. The van der Waals surface area contributed by atoms with Gasteiger partial charge in [-0.1, -0.05) is 0 Å². The Hall–Kier alpha value is -1.80. The highest BCUT2D eigenvalue weighted by atomic mass is 32.2. The number of nitrogens with zero attached hydrogens (tertiary/aromatic N) is 3. The van der Waals surface area contributed by atoms with E-state index in [1.807, 2.05) is 0 Å². The number of rotatable bonds is 5. The van der Waals surface area contributed by atoms with Gasteiger partial charge in [0.1, 0.15) is 5.82 Å². The minimum absolute atomic E-state index is 0.0716. The van der Waals surface area contributed by atoms with Crippen molar-refractivity contribution in [3.05, 3.63) is 42.0 Å². The fourth-order valence-electron chi connectivity index (χ4n) is 1.63. The van der Waals surface area contributed by atoms with Gasteiger partial charge in [0.25, 0.3) is 0 Å². The molecule has 102 valence electrons. The highest BCUT2D eigenvalue weighted by Gasteiger charge is 2.16. The summed E-state index contributed by atoms with van der Waals surface area (Å²) in [5, 5.41) is 7.72. The zero-order chi connectivity index (χ0) is 13.9. The molecule has 0 spiro atoms. The Labute approximate surface area is 110 Å². The first-order chi connectivity index (χ1) is 8.99. The Morgan fingerprint density at radius 1 is 1.32 bits per heavy atom. The second-order valence-electron chi connectivity index (χ2n) is 3.93. The quantitative estimate of drug-likeness (QED) is 0.877. The molecule has 0 saturated heterocycles. The summed E-state index contributed by atoms with van der Waals surface area (Å²) in [5.41, 5.74) is 0.365. The lowest BCUT2D eigenvalue weighted by Gasteiger charge is -2.09. The lowest BCUT2D eigenvalue weighted by atomic mass is 10.2. The highest BCUT2D eigenvalue weighted by Crippen LogP contribution is 2.15. The monoisotopic (exact) mass is 284 g/mol. The van der Waals surface area contributed by atoms with Gasteiger partial charge in [-0.2, -0.15) is 15.0 Å². The van der Waals surface area contributed by atoms with Crippen LogP contribution < -0.4 is 4.72 Å². The van der Waals surface area contributed by atoms with Gasteiger partial charge in [0.15, 0.2) is 0 Å². The first-order valence-electron chi connectivity index (χ1n) is 5.59. The molecular weight excluding hydrogens is 271 g/mol. The van der Waals surface area contributed by atoms with Crippen molar-refractivity contribution in [1.29, 1.82) is 0 Å². The molecule has 1 heterocycles. The molecule has 0 bridgehead atoms. The summed E-state index contributed by atoms with van der Waals surface area (Å²) in [5.74, 6) is -0.461. The number of halogens is 1. The number of sulfonamides is 1. The van der Waals surface area contributed by atoms with Crippen LogP contribution in [0.15, 0.2) is 35.5 Å². The van der Waals surface area contributed by atoms with E-state index >= 15 is 0 Å². The van der Waals surface area contributed by atoms with Crippen molar-refractivity contribution in [3.63, 3.8) is 0 Å². The second-order valence-corrected chi connectivity index (χ2v) is 5.67. The highest BCUT2D eigenvalue weighted by molar-refractivity contribution is 7.89. The largest absolute Gasteiger partial charge is 0.240 e. The third-order valence-corrected chi connectivity index (χ3v) is 4.12. The van der Waals surface area contributed by atoms with Crippen molar-refractivity contribution < 1.29 is 12.8 Å². The molecule has 19 heavy (non-hydrogen) atoms. The molecule has 0 fully saturated rings. The van der Waals surface area contributed by atoms with Crippen LogP contribution in [0.2, 0.25) is 0 Å². The standard InChI is InChI=1S/C11H13FN4O2S/c1-9-8-10(12)2-3-11(9)19(17,18)15-6-7-16-13-4-5-14-16/h2-5,8,15H,6-7H2,1H3. The summed E-state index contributed by atoms with van der Waals surface area (Å²) in [6.45, 7) is 2.03. The van der Waals surface area contributed by atoms with E-state index in [0.717, 1.165) is 6.07 Å². The Bertz CT molecular complexity index is 655. The van der Waals surface area contributed by atoms with E-state index in [1.54, 1.807) is 6.92 Å². The van der Waals surface area contributed by atoms with Crippen LogP contribution in [0.3, 0.4) is 0 Å². The second kappa shape index (κ2) is 5.45. The molecule has 6 nitrogen and oxygen atoms in total. The van der Waals surface area contributed by atoms with Gasteiger partial charge in [-0.3, -0.25) is 0 Å². The van der Waals surface area contributed by atoms with Gasteiger partial charge >= 0.3 is 0 Å². The van der Waals surface area contributed by atoms with Gasteiger partial charge in [0, 0.05) is 6.54 Å². The Kier molecular flexibility index (Phi) is 3.91. The van der Waals surface area contributed by atoms with Crippen LogP contribution in [0.5, 0.6) is 0 Å². The summed E-state index contributed by atoms with van der Waals surface area (Å²) in [6.07, 6.45) is 3.03. The average molecular weight is 284 g/mol. The smallest absolute Gasteiger partial charge is 0.209 e. The van der Waals surface area contributed by atoms with Crippen molar-refractivity contribution in [3.8, 4) is 0 Å². The number of aromatic nitrogens is 3. The molecule has 0 unspecified atom stereocenters. The van der Waals surface area contributed by atoms with E-state index in [0.29, 0.717) is 12.1 Å². The summed E-state index contributed by atoms with van der Waals surface area (Å²) in [4.78, 5) is 1.45. The van der Waals surface area contributed by atoms with Crippen molar-refractivity contribution in [2.45, 2.75) is 18.4 Å². The zero-order valence-electron chi connectivity index (χ0n) is 10.2. The van der Waals surface area contributed by atoms with Gasteiger partial charge in [-0.25, -0.2) is 17.5 Å². The van der Waals surface area contributed by atoms with Crippen LogP contribution in [-0.4, -0.2) is 30.0 Å². The predicted octanol–water partition coefficient (Wildman–Crippen LogP) is 0.704. The zero-order valence-corrected chi connectivity index (χ0v) is 11.1. The summed E-state index contributed by atoms with van der Waals surface area (Å²) in [6, 6.07) is 3.55. The summed E-state index contributed by atoms with van der Waals surface area (Å²) >= 11 is 0. The number of nitrogens with one attached hydrogen (secondary N) is 1. The molecule has 1 aromatic heterocycles. The maximum atomic E-state index is 12.9. The molecule has 0 atom stereocenters. The van der Waals surface area contributed by atoms with Crippen molar-refractivity contribution in [2.75, 3.05) is 6.54 Å². The Morgan fingerprint density at radius 2 is 2.00 bits per heavy atom. The topological polar surface area (TPSA) is 76.9 Å². The third-order valence-electron chi connectivity index (χ3n) is 2.50. The van der Waals surface area contributed by atoms with Crippen LogP contribution >= 0.6 is 0 Å². The van der Waals surface area contributed by atoms with E-state index in [2.05, 4.69) is 14.9 Å². The van der Waals surface area contributed by atoms with Crippen LogP contribution in [0.1, 0.15) is 5.56 Å². The van der Waals surface area contributed by atoms with E-state index in [9.17, 15) is 12.8 Å². The van der Waals surface area contributed by atoms with Crippen molar-refractivity contribution >= 4 is 10.0 Å². The Balaban J connectivity index is 2.05. The van der Waals surface area contributed by atoms with Gasteiger partial charge in [0.05, 0.1) is 23.8 Å². The molecule has 0 amide bonds. The molecule has 0 aliphatic carbocycles. The summed E-state index contributed by atoms with van der Waals surface area (Å²) in [7, 11) is -3.65. The number of aryl methyl sites for hydroxylation is 1.